The van der Waals surface area contributed by atoms with Gasteiger partial charge in [-0.3, -0.25) is 9.59 Å². The number of fused-ring (bicyclic) bond motifs is 1. The minimum atomic E-state index is -1.95. The number of hydrogen-bond acceptors (Lipinski definition) is 6. The van der Waals surface area contributed by atoms with E-state index >= 15 is 0 Å². The molecule has 1 amide bonds. The van der Waals surface area contributed by atoms with Crippen LogP contribution in [0.3, 0.4) is 0 Å². The van der Waals surface area contributed by atoms with Gasteiger partial charge in [-0.15, -0.1) is 0 Å². The molecule has 3 aromatic rings. The summed E-state index contributed by atoms with van der Waals surface area (Å²) in [6.45, 7) is 0.203. The molecule has 2 aromatic carbocycles. The largest absolute Gasteiger partial charge is 0.493 e. The van der Waals surface area contributed by atoms with Crippen molar-refractivity contribution in [2.24, 2.45) is 0 Å². The van der Waals surface area contributed by atoms with Crippen molar-refractivity contribution in [3.8, 4) is 11.5 Å². The lowest BCUT2D eigenvalue weighted by atomic mass is 9.90. The van der Waals surface area contributed by atoms with Gasteiger partial charge in [-0.05, 0) is 48.0 Å². The standard InChI is InChI=1S/C25H23NO6/c1-30-22-12-9-17(14-23(22)31-2)16-26-21-8-4-3-7-20(21)25(29,24(26)28)15-18(27)10-11-19-6-5-13-32-19/h3-14,29H,15-16H2,1-2H3. The average molecular weight is 433 g/mol. The number of methoxy groups -OCH3 is 2. The van der Waals surface area contributed by atoms with Crippen molar-refractivity contribution in [2.45, 2.75) is 18.6 Å². The fourth-order valence-corrected chi connectivity index (χ4v) is 3.87. The number of amides is 1. The summed E-state index contributed by atoms with van der Waals surface area (Å²) in [6.07, 6.45) is 3.95. The summed E-state index contributed by atoms with van der Waals surface area (Å²) in [5.74, 6) is 0.695. The molecular formula is C25H23NO6. The predicted octanol–water partition coefficient (Wildman–Crippen LogP) is 3.70. The van der Waals surface area contributed by atoms with E-state index in [0.29, 0.717) is 28.5 Å². The third-order valence-electron chi connectivity index (χ3n) is 5.43. The minimum absolute atomic E-state index is 0.203. The number of allylic oxidation sites excluding steroid dienone is 1. The zero-order chi connectivity index (χ0) is 22.7. The second-order valence-corrected chi connectivity index (χ2v) is 7.45. The molecule has 1 unspecified atom stereocenters. The van der Waals surface area contributed by atoms with E-state index in [2.05, 4.69) is 0 Å². The van der Waals surface area contributed by atoms with Crippen molar-refractivity contribution >= 4 is 23.5 Å². The normalized spacial score (nSPS) is 17.6. The number of nitrogens with zero attached hydrogens (tertiary/aromatic N) is 1. The third kappa shape index (κ3) is 3.90. The summed E-state index contributed by atoms with van der Waals surface area (Å²) >= 11 is 0. The molecule has 164 valence electrons. The Kier molecular flexibility index (Phi) is 5.83. The van der Waals surface area contributed by atoms with Crippen LogP contribution in [0, 0.1) is 0 Å². The van der Waals surface area contributed by atoms with Crippen molar-refractivity contribution in [2.75, 3.05) is 19.1 Å². The summed E-state index contributed by atoms with van der Waals surface area (Å²) in [4.78, 5) is 27.4. The van der Waals surface area contributed by atoms with Crippen molar-refractivity contribution in [1.29, 1.82) is 0 Å². The molecule has 0 bridgehead atoms. The van der Waals surface area contributed by atoms with Crippen LogP contribution in [-0.2, 0) is 21.7 Å². The van der Waals surface area contributed by atoms with E-state index in [-0.39, 0.29) is 18.7 Å². The number of carbonyl (C=O) groups excluding carboxylic acids is 2. The van der Waals surface area contributed by atoms with Gasteiger partial charge in [0.2, 0.25) is 0 Å². The molecule has 1 atom stereocenters. The number of anilines is 1. The molecule has 7 nitrogen and oxygen atoms in total. The molecule has 32 heavy (non-hydrogen) atoms. The maximum Gasteiger partial charge on any atom is 0.264 e. The van der Waals surface area contributed by atoms with E-state index in [9.17, 15) is 14.7 Å². The van der Waals surface area contributed by atoms with Crippen LogP contribution in [0.5, 0.6) is 11.5 Å². The van der Waals surface area contributed by atoms with Crippen LogP contribution in [0.4, 0.5) is 5.69 Å². The van der Waals surface area contributed by atoms with E-state index in [1.165, 1.54) is 23.3 Å². The molecule has 1 aliphatic rings. The lowest BCUT2D eigenvalue weighted by Gasteiger charge is -2.22. The molecular weight excluding hydrogens is 410 g/mol. The number of benzene rings is 2. The van der Waals surface area contributed by atoms with Crippen LogP contribution >= 0.6 is 0 Å². The van der Waals surface area contributed by atoms with Gasteiger partial charge in [-0.2, -0.15) is 0 Å². The SMILES string of the molecule is COc1ccc(CN2C(=O)C(O)(CC(=O)C=Cc3ccco3)c3ccccc32)cc1OC. The summed E-state index contributed by atoms with van der Waals surface area (Å²) in [5, 5.41) is 11.4. The second kappa shape index (κ2) is 8.72. The average Bonchev–Trinajstić information content (AvgIpc) is 3.40. The van der Waals surface area contributed by atoms with Gasteiger partial charge < -0.3 is 23.9 Å². The molecule has 0 aliphatic carbocycles. The first-order chi connectivity index (χ1) is 15.5. The molecule has 1 aliphatic heterocycles. The van der Waals surface area contributed by atoms with E-state index in [0.717, 1.165) is 5.56 Å². The van der Waals surface area contributed by atoms with Crippen molar-refractivity contribution in [1.82, 2.24) is 0 Å². The molecule has 1 aromatic heterocycles. The fourth-order valence-electron chi connectivity index (χ4n) is 3.87. The molecule has 0 saturated heterocycles. The summed E-state index contributed by atoms with van der Waals surface area (Å²) in [6, 6.07) is 15.7. The van der Waals surface area contributed by atoms with Crippen LogP contribution in [0.1, 0.15) is 23.3 Å². The van der Waals surface area contributed by atoms with Gasteiger partial charge in [0, 0.05) is 5.56 Å². The molecule has 2 heterocycles. The van der Waals surface area contributed by atoms with Crippen molar-refractivity contribution < 1.29 is 28.6 Å². The predicted molar refractivity (Wildman–Crippen MR) is 118 cm³/mol. The van der Waals surface area contributed by atoms with E-state index < -0.39 is 11.5 Å². The zero-order valence-electron chi connectivity index (χ0n) is 17.8. The molecule has 0 saturated carbocycles. The Morgan fingerprint density at radius 2 is 1.88 bits per heavy atom. The first-order valence-corrected chi connectivity index (χ1v) is 10.1. The molecule has 0 radical (unpaired) electrons. The fraction of sp³-hybridized carbons (Fsp3) is 0.200. The smallest absolute Gasteiger partial charge is 0.264 e. The minimum Gasteiger partial charge on any atom is -0.493 e. The maximum atomic E-state index is 13.4. The first-order valence-electron chi connectivity index (χ1n) is 10.1. The van der Waals surface area contributed by atoms with Gasteiger partial charge in [0.15, 0.2) is 22.9 Å². The Morgan fingerprint density at radius 1 is 1.09 bits per heavy atom. The maximum absolute atomic E-state index is 13.4. The highest BCUT2D eigenvalue weighted by molar-refractivity contribution is 6.10. The monoisotopic (exact) mass is 433 g/mol. The van der Waals surface area contributed by atoms with Crippen LogP contribution < -0.4 is 14.4 Å². The highest BCUT2D eigenvalue weighted by Crippen LogP contribution is 2.43. The molecule has 7 heteroatoms. The highest BCUT2D eigenvalue weighted by atomic mass is 16.5. The van der Waals surface area contributed by atoms with Crippen LogP contribution in [-0.4, -0.2) is 31.0 Å². The zero-order valence-corrected chi connectivity index (χ0v) is 17.8. The van der Waals surface area contributed by atoms with Crippen molar-refractivity contribution in [3.63, 3.8) is 0 Å². The first kappa shape index (κ1) is 21.4. The Morgan fingerprint density at radius 3 is 2.59 bits per heavy atom. The quantitative estimate of drug-likeness (QED) is 0.545. The molecule has 1 N–H and O–H groups in total. The van der Waals surface area contributed by atoms with Gasteiger partial charge in [0.1, 0.15) is 5.76 Å². The molecule has 4 rings (SSSR count). The second-order valence-electron chi connectivity index (χ2n) is 7.45. The Hall–Kier alpha value is -3.84. The van der Waals surface area contributed by atoms with Gasteiger partial charge in [-0.1, -0.05) is 24.3 Å². The van der Waals surface area contributed by atoms with E-state index in [1.807, 2.05) is 6.07 Å². The number of ketones is 1. The topological polar surface area (TPSA) is 89.2 Å². The number of hydrogen-bond donors (Lipinski definition) is 1. The lowest BCUT2D eigenvalue weighted by molar-refractivity contribution is -0.140. The van der Waals surface area contributed by atoms with Gasteiger partial charge >= 0.3 is 0 Å². The van der Waals surface area contributed by atoms with E-state index in [1.54, 1.807) is 62.8 Å². The summed E-state index contributed by atoms with van der Waals surface area (Å²) < 4.78 is 15.8. The Bertz CT molecular complexity index is 1170. The number of carbonyl (C=O) groups is 2. The molecule has 0 spiro atoms. The van der Waals surface area contributed by atoms with Gasteiger partial charge in [0.25, 0.3) is 5.91 Å². The third-order valence-corrected chi connectivity index (χ3v) is 5.43. The Labute approximate surface area is 185 Å². The van der Waals surface area contributed by atoms with Crippen molar-refractivity contribution in [3.05, 3.63) is 83.8 Å². The number of aliphatic hydroxyl groups is 1. The Balaban J connectivity index is 1.61. The number of rotatable bonds is 8. The number of para-hydroxylation sites is 1. The summed E-state index contributed by atoms with van der Waals surface area (Å²) in [7, 11) is 3.09. The van der Waals surface area contributed by atoms with Gasteiger partial charge in [-0.25, -0.2) is 0 Å². The van der Waals surface area contributed by atoms with Crippen LogP contribution in [0.15, 0.2) is 71.4 Å². The van der Waals surface area contributed by atoms with Gasteiger partial charge in [0.05, 0.1) is 39.1 Å². The molecule has 0 fully saturated rings. The van der Waals surface area contributed by atoms with Crippen LogP contribution in [0.2, 0.25) is 0 Å². The summed E-state index contributed by atoms with van der Waals surface area (Å²) in [5.41, 5.74) is -0.181. The number of ether oxygens (including phenoxy) is 2. The highest BCUT2D eigenvalue weighted by Gasteiger charge is 2.50. The van der Waals surface area contributed by atoms with E-state index in [4.69, 9.17) is 13.9 Å². The lowest BCUT2D eigenvalue weighted by Crippen LogP contribution is -2.41. The van der Waals surface area contributed by atoms with Crippen LogP contribution in [0.25, 0.3) is 6.08 Å². The number of furan rings is 1.